The van der Waals surface area contributed by atoms with Crippen molar-refractivity contribution in [1.82, 2.24) is 5.32 Å². The third-order valence-electron chi connectivity index (χ3n) is 5.43. The maximum absolute atomic E-state index is 13.0. The molecule has 7 heteroatoms. The highest BCUT2D eigenvalue weighted by Gasteiger charge is 2.25. The SMILES string of the molecule is COc1ccc(C(=O)NC(C(=O)Nc2ccc(N3CCOCC3)cc2C)C(C)C)cc1. The van der Waals surface area contributed by atoms with Gasteiger partial charge in [0.1, 0.15) is 11.8 Å². The van der Waals surface area contributed by atoms with E-state index >= 15 is 0 Å². The lowest BCUT2D eigenvalue weighted by molar-refractivity contribution is -0.118. The number of rotatable bonds is 7. The first-order valence-electron chi connectivity index (χ1n) is 10.6. The van der Waals surface area contributed by atoms with Gasteiger partial charge in [-0.05, 0) is 60.9 Å². The molecule has 1 saturated heterocycles. The number of ether oxygens (including phenoxy) is 2. The second-order valence-electron chi connectivity index (χ2n) is 8.01. The maximum atomic E-state index is 13.0. The van der Waals surface area contributed by atoms with Crippen LogP contribution in [0.15, 0.2) is 42.5 Å². The van der Waals surface area contributed by atoms with Crippen LogP contribution >= 0.6 is 0 Å². The number of benzene rings is 2. The maximum Gasteiger partial charge on any atom is 0.251 e. The zero-order chi connectivity index (χ0) is 22.4. The molecule has 2 aromatic carbocycles. The van der Waals surface area contributed by atoms with E-state index in [0.717, 1.165) is 43.2 Å². The van der Waals surface area contributed by atoms with Gasteiger partial charge in [-0.1, -0.05) is 13.8 Å². The molecule has 2 N–H and O–H groups in total. The van der Waals surface area contributed by atoms with Gasteiger partial charge in [-0.2, -0.15) is 0 Å². The van der Waals surface area contributed by atoms with Gasteiger partial charge in [0.2, 0.25) is 5.91 Å². The summed E-state index contributed by atoms with van der Waals surface area (Å²) in [6.07, 6.45) is 0. The van der Waals surface area contributed by atoms with E-state index in [0.29, 0.717) is 11.3 Å². The fraction of sp³-hybridized carbons (Fsp3) is 0.417. The summed E-state index contributed by atoms with van der Waals surface area (Å²) >= 11 is 0. The Bertz CT molecular complexity index is 906. The molecule has 1 heterocycles. The highest BCUT2D eigenvalue weighted by atomic mass is 16.5. The van der Waals surface area contributed by atoms with E-state index in [-0.39, 0.29) is 17.7 Å². The molecule has 2 aromatic rings. The van der Waals surface area contributed by atoms with Gasteiger partial charge < -0.3 is 25.0 Å². The van der Waals surface area contributed by atoms with Gasteiger partial charge >= 0.3 is 0 Å². The molecule has 31 heavy (non-hydrogen) atoms. The molecular weight excluding hydrogens is 394 g/mol. The molecule has 1 unspecified atom stereocenters. The van der Waals surface area contributed by atoms with E-state index < -0.39 is 6.04 Å². The van der Waals surface area contributed by atoms with Crippen LogP contribution in [0.2, 0.25) is 0 Å². The van der Waals surface area contributed by atoms with Crippen LogP contribution in [-0.4, -0.2) is 51.3 Å². The zero-order valence-corrected chi connectivity index (χ0v) is 18.6. The van der Waals surface area contributed by atoms with Crippen LogP contribution in [0.3, 0.4) is 0 Å². The van der Waals surface area contributed by atoms with Crippen LogP contribution in [0.25, 0.3) is 0 Å². The predicted molar refractivity (Wildman–Crippen MR) is 122 cm³/mol. The van der Waals surface area contributed by atoms with Crippen molar-refractivity contribution in [2.45, 2.75) is 26.8 Å². The molecule has 166 valence electrons. The number of anilines is 2. The Kier molecular flexibility index (Phi) is 7.52. The molecule has 0 aliphatic carbocycles. The molecule has 0 spiro atoms. The normalized spacial score (nSPS) is 14.8. The van der Waals surface area contributed by atoms with Crippen LogP contribution in [-0.2, 0) is 9.53 Å². The second-order valence-corrected chi connectivity index (χ2v) is 8.01. The first-order chi connectivity index (χ1) is 14.9. The van der Waals surface area contributed by atoms with E-state index in [1.807, 2.05) is 32.9 Å². The Labute approximate surface area is 183 Å². The van der Waals surface area contributed by atoms with Gasteiger partial charge in [-0.25, -0.2) is 0 Å². The van der Waals surface area contributed by atoms with E-state index in [1.165, 1.54) is 0 Å². The molecule has 3 rings (SSSR count). The van der Waals surface area contributed by atoms with Crippen molar-refractivity contribution in [2.75, 3.05) is 43.6 Å². The lowest BCUT2D eigenvalue weighted by Crippen LogP contribution is -2.47. The van der Waals surface area contributed by atoms with Crippen molar-refractivity contribution < 1.29 is 19.1 Å². The minimum absolute atomic E-state index is 0.0740. The molecule has 1 aliphatic rings. The number of hydrogen-bond acceptors (Lipinski definition) is 5. The van der Waals surface area contributed by atoms with E-state index in [9.17, 15) is 9.59 Å². The van der Waals surface area contributed by atoms with E-state index in [4.69, 9.17) is 9.47 Å². The number of carbonyl (C=O) groups is 2. The lowest BCUT2D eigenvalue weighted by atomic mass is 10.0. The van der Waals surface area contributed by atoms with Crippen molar-refractivity contribution in [3.05, 3.63) is 53.6 Å². The molecule has 0 radical (unpaired) electrons. The van der Waals surface area contributed by atoms with Crippen LogP contribution in [0, 0.1) is 12.8 Å². The van der Waals surface area contributed by atoms with Crippen LogP contribution in [0.4, 0.5) is 11.4 Å². The number of carbonyl (C=O) groups excluding carboxylic acids is 2. The van der Waals surface area contributed by atoms with Crippen molar-refractivity contribution in [2.24, 2.45) is 5.92 Å². The Balaban J connectivity index is 1.67. The Morgan fingerprint density at radius 1 is 1.06 bits per heavy atom. The number of nitrogens with zero attached hydrogens (tertiary/aromatic N) is 1. The Morgan fingerprint density at radius 2 is 1.74 bits per heavy atom. The minimum Gasteiger partial charge on any atom is -0.497 e. The average Bonchev–Trinajstić information content (AvgIpc) is 2.79. The molecular formula is C24H31N3O4. The van der Waals surface area contributed by atoms with Gasteiger partial charge in [0.05, 0.1) is 20.3 Å². The summed E-state index contributed by atoms with van der Waals surface area (Å²) in [5, 5.41) is 5.84. The molecule has 0 saturated carbocycles. The smallest absolute Gasteiger partial charge is 0.251 e. The second kappa shape index (κ2) is 10.3. The summed E-state index contributed by atoms with van der Waals surface area (Å²) in [5.74, 6) is 0.0656. The summed E-state index contributed by atoms with van der Waals surface area (Å²) in [4.78, 5) is 27.9. The van der Waals surface area contributed by atoms with Gasteiger partial charge in [0.25, 0.3) is 5.91 Å². The van der Waals surface area contributed by atoms with E-state index in [1.54, 1.807) is 31.4 Å². The highest BCUT2D eigenvalue weighted by Crippen LogP contribution is 2.24. The summed E-state index contributed by atoms with van der Waals surface area (Å²) in [6, 6.07) is 12.1. The minimum atomic E-state index is -0.659. The summed E-state index contributed by atoms with van der Waals surface area (Å²) < 4.78 is 10.5. The van der Waals surface area contributed by atoms with E-state index in [2.05, 4.69) is 21.6 Å². The monoisotopic (exact) mass is 425 g/mol. The van der Waals surface area contributed by atoms with Crippen molar-refractivity contribution in [3.8, 4) is 5.75 Å². The first-order valence-corrected chi connectivity index (χ1v) is 10.6. The van der Waals surface area contributed by atoms with Crippen LogP contribution < -0.4 is 20.3 Å². The Hall–Kier alpha value is -3.06. The third kappa shape index (κ3) is 5.76. The number of morpholine rings is 1. The third-order valence-corrected chi connectivity index (χ3v) is 5.43. The highest BCUT2D eigenvalue weighted by molar-refractivity contribution is 6.01. The number of amides is 2. The van der Waals surface area contributed by atoms with Crippen molar-refractivity contribution in [1.29, 1.82) is 0 Å². The zero-order valence-electron chi connectivity index (χ0n) is 18.6. The van der Waals surface area contributed by atoms with Gasteiger partial charge in [0, 0.05) is 30.0 Å². The molecule has 7 nitrogen and oxygen atoms in total. The quantitative estimate of drug-likeness (QED) is 0.712. The summed E-state index contributed by atoms with van der Waals surface area (Å²) in [7, 11) is 1.57. The van der Waals surface area contributed by atoms with Gasteiger partial charge in [-0.3, -0.25) is 9.59 Å². The topological polar surface area (TPSA) is 79.9 Å². The van der Waals surface area contributed by atoms with Crippen LogP contribution in [0.5, 0.6) is 5.75 Å². The average molecular weight is 426 g/mol. The standard InChI is InChI=1S/C24H31N3O4/c1-16(2)22(26-23(28)18-5-8-20(30-4)9-6-18)24(29)25-21-10-7-19(15-17(21)3)27-11-13-31-14-12-27/h5-10,15-16,22H,11-14H2,1-4H3,(H,25,29)(H,26,28). The largest absolute Gasteiger partial charge is 0.497 e. The van der Waals surface area contributed by atoms with Gasteiger partial charge in [-0.15, -0.1) is 0 Å². The molecule has 2 amide bonds. The van der Waals surface area contributed by atoms with Crippen molar-refractivity contribution >= 4 is 23.2 Å². The summed E-state index contributed by atoms with van der Waals surface area (Å²) in [6.45, 7) is 8.96. The number of aryl methyl sites for hydroxylation is 1. The lowest BCUT2D eigenvalue weighted by Gasteiger charge is -2.29. The number of methoxy groups -OCH3 is 1. The fourth-order valence-electron chi connectivity index (χ4n) is 3.52. The number of hydrogen-bond donors (Lipinski definition) is 2. The summed E-state index contributed by atoms with van der Waals surface area (Å²) in [5.41, 5.74) is 3.31. The molecule has 0 bridgehead atoms. The fourth-order valence-corrected chi connectivity index (χ4v) is 3.52. The predicted octanol–water partition coefficient (Wildman–Crippen LogP) is 3.23. The number of nitrogens with one attached hydrogen (secondary N) is 2. The van der Waals surface area contributed by atoms with Gasteiger partial charge in [0.15, 0.2) is 0 Å². The van der Waals surface area contributed by atoms with Crippen LogP contribution in [0.1, 0.15) is 29.8 Å². The first kappa shape index (κ1) is 22.6. The molecule has 0 aromatic heterocycles. The molecule has 1 fully saturated rings. The molecule has 1 aliphatic heterocycles. The Morgan fingerprint density at radius 3 is 2.32 bits per heavy atom. The molecule has 1 atom stereocenters. The van der Waals surface area contributed by atoms with Crippen molar-refractivity contribution in [3.63, 3.8) is 0 Å².